The highest BCUT2D eigenvalue weighted by molar-refractivity contribution is 5.80. The maximum absolute atomic E-state index is 11.9. The number of rotatable bonds is 3. The van der Waals surface area contributed by atoms with Crippen LogP contribution in [0.3, 0.4) is 0 Å². The van der Waals surface area contributed by atoms with Gasteiger partial charge in [-0.3, -0.25) is 9.59 Å². The summed E-state index contributed by atoms with van der Waals surface area (Å²) in [5.74, 6) is -0.134. The van der Waals surface area contributed by atoms with Gasteiger partial charge in [0.1, 0.15) is 0 Å². The molecule has 4 heteroatoms. The number of aromatic nitrogens is 1. The Hall–Kier alpha value is -2.10. The third kappa shape index (κ3) is 3.02. The molecule has 0 spiro atoms. The van der Waals surface area contributed by atoms with E-state index in [0.717, 1.165) is 16.5 Å². The Morgan fingerprint density at radius 1 is 1.32 bits per heavy atom. The van der Waals surface area contributed by atoms with Crippen LogP contribution in [0.15, 0.2) is 29.1 Å². The predicted molar refractivity (Wildman–Crippen MR) is 76.0 cm³/mol. The molecular formula is C15H18N2O2. The average Bonchev–Trinajstić information content (AvgIpc) is 2.35. The van der Waals surface area contributed by atoms with E-state index in [1.807, 2.05) is 45.0 Å². The lowest BCUT2D eigenvalue weighted by Gasteiger charge is -2.08. The minimum absolute atomic E-state index is 0.0524. The first kappa shape index (κ1) is 13.3. The molecule has 0 aliphatic heterocycles. The molecule has 100 valence electrons. The predicted octanol–water partition coefficient (Wildman–Crippen LogP) is 2.11. The molecule has 1 amide bonds. The number of hydrogen-bond acceptors (Lipinski definition) is 2. The van der Waals surface area contributed by atoms with Gasteiger partial charge in [-0.25, -0.2) is 0 Å². The highest BCUT2D eigenvalue weighted by Crippen LogP contribution is 2.12. The Balaban J connectivity index is 2.29. The van der Waals surface area contributed by atoms with Crippen LogP contribution in [-0.2, 0) is 11.3 Å². The second-order valence-electron chi connectivity index (χ2n) is 5.09. The van der Waals surface area contributed by atoms with Crippen molar-refractivity contribution in [2.24, 2.45) is 5.92 Å². The largest absolute Gasteiger partial charge is 0.352 e. The summed E-state index contributed by atoms with van der Waals surface area (Å²) < 4.78 is 0. The summed E-state index contributed by atoms with van der Waals surface area (Å²) in [4.78, 5) is 26.3. The van der Waals surface area contributed by atoms with Gasteiger partial charge in [0.05, 0.1) is 0 Å². The van der Waals surface area contributed by atoms with Crippen molar-refractivity contribution < 1.29 is 4.79 Å². The zero-order valence-corrected chi connectivity index (χ0v) is 11.4. The summed E-state index contributed by atoms with van der Waals surface area (Å²) in [5.41, 5.74) is 2.35. The van der Waals surface area contributed by atoms with Gasteiger partial charge in [0.15, 0.2) is 0 Å². The van der Waals surface area contributed by atoms with Crippen molar-refractivity contribution in [3.05, 3.63) is 45.7 Å². The molecule has 0 atom stereocenters. The Morgan fingerprint density at radius 2 is 2.05 bits per heavy atom. The monoisotopic (exact) mass is 258 g/mol. The molecule has 0 bridgehead atoms. The van der Waals surface area contributed by atoms with Crippen LogP contribution in [0.4, 0.5) is 0 Å². The highest BCUT2D eigenvalue weighted by Gasteiger charge is 2.08. The summed E-state index contributed by atoms with van der Waals surface area (Å²) in [7, 11) is 0. The first-order valence-electron chi connectivity index (χ1n) is 6.37. The van der Waals surface area contributed by atoms with Crippen LogP contribution in [0.5, 0.6) is 0 Å². The van der Waals surface area contributed by atoms with Gasteiger partial charge < -0.3 is 10.3 Å². The van der Waals surface area contributed by atoms with Gasteiger partial charge in [0, 0.05) is 23.5 Å². The van der Waals surface area contributed by atoms with Gasteiger partial charge in [-0.1, -0.05) is 26.0 Å². The number of carbonyl (C=O) groups excluding carboxylic acids is 1. The van der Waals surface area contributed by atoms with Crippen LogP contribution in [-0.4, -0.2) is 10.9 Å². The molecule has 0 saturated carbocycles. The molecule has 2 aromatic rings. The molecule has 2 rings (SSSR count). The molecule has 4 nitrogen and oxygen atoms in total. The zero-order chi connectivity index (χ0) is 14.0. The lowest BCUT2D eigenvalue weighted by Crippen LogP contribution is -2.29. The number of benzene rings is 1. The molecule has 2 N–H and O–H groups in total. The molecule has 0 saturated heterocycles. The topological polar surface area (TPSA) is 62.0 Å². The molecule has 0 radical (unpaired) electrons. The van der Waals surface area contributed by atoms with Gasteiger partial charge in [0.2, 0.25) is 5.91 Å². The molecule has 0 fully saturated rings. The van der Waals surface area contributed by atoms with E-state index in [9.17, 15) is 9.59 Å². The van der Waals surface area contributed by atoms with E-state index in [0.29, 0.717) is 5.56 Å². The highest BCUT2D eigenvalue weighted by atomic mass is 16.2. The van der Waals surface area contributed by atoms with Crippen molar-refractivity contribution in [3.8, 4) is 0 Å². The van der Waals surface area contributed by atoms with E-state index >= 15 is 0 Å². The van der Waals surface area contributed by atoms with E-state index in [4.69, 9.17) is 0 Å². The van der Waals surface area contributed by atoms with Crippen molar-refractivity contribution in [3.63, 3.8) is 0 Å². The number of amides is 1. The average molecular weight is 258 g/mol. The van der Waals surface area contributed by atoms with E-state index in [1.165, 1.54) is 0 Å². The third-order valence-corrected chi connectivity index (χ3v) is 3.06. The molecule has 0 unspecified atom stereocenters. The molecule has 0 aliphatic carbocycles. The molecule has 1 heterocycles. The van der Waals surface area contributed by atoms with Crippen LogP contribution in [0.25, 0.3) is 10.9 Å². The second-order valence-corrected chi connectivity index (χ2v) is 5.09. The summed E-state index contributed by atoms with van der Waals surface area (Å²) in [6.45, 7) is 5.89. The van der Waals surface area contributed by atoms with Crippen molar-refractivity contribution in [2.45, 2.75) is 27.3 Å². The summed E-state index contributed by atoms with van der Waals surface area (Å²) in [6, 6.07) is 7.73. The number of aromatic amines is 1. The van der Waals surface area contributed by atoms with Gasteiger partial charge in [-0.2, -0.15) is 0 Å². The quantitative estimate of drug-likeness (QED) is 0.885. The van der Waals surface area contributed by atoms with Crippen LogP contribution < -0.4 is 10.9 Å². The van der Waals surface area contributed by atoms with Gasteiger partial charge in [-0.15, -0.1) is 0 Å². The van der Waals surface area contributed by atoms with Crippen LogP contribution in [0.2, 0.25) is 0 Å². The van der Waals surface area contributed by atoms with Crippen LogP contribution in [0.1, 0.15) is 25.0 Å². The van der Waals surface area contributed by atoms with Gasteiger partial charge in [-0.05, 0) is 30.0 Å². The first-order chi connectivity index (χ1) is 8.97. The SMILES string of the molecule is Cc1ccc2cc(CNC(=O)C(C)C)c(=O)[nH]c2c1. The van der Waals surface area contributed by atoms with Crippen LogP contribution >= 0.6 is 0 Å². The number of aryl methyl sites for hydroxylation is 1. The lowest BCUT2D eigenvalue weighted by atomic mass is 10.1. The smallest absolute Gasteiger partial charge is 0.253 e. The minimum Gasteiger partial charge on any atom is -0.352 e. The number of nitrogens with one attached hydrogen (secondary N) is 2. The van der Waals surface area contributed by atoms with Crippen molar-refractivity contribution >= 4 is 16.8 Å². The van der Waals surface area contributed by atoms with E-state index in [-0.39, 0.29) is 23.9 Å². The first-order valence-corrected chi connectivity index (χ1v) is 6.37. The normalized spacial score (nSPS) is 10.9. The van der Waals surface area contributed by atoms with Gasteiger partial charge >= 0.3 is 0 Å². The Bertz CT molecular complexity index is 671. The Labute approximate surface area is 111 Å². The summed E-state index contributed by atoms with van der Waals surface area (Å²) >= 11 is 0. The maximum atomic E-state index is 11.9. The summed E-state index contributed by atoms with van der Waals surface area (Å²) in [5, 5.41) is 3.73. The van der Waals surface area contributed by atoms with Gasteiger partial charge in [0.25, 0.3) is 5.56 Å². The van der Waals surface area contributed by atoms with Crippen molar-refractivity contribution in [1.82, 2.24) is 10.3 Å². The maximum Gasteiger partial charge on any atom is 0.253 e. The molecule has 1 aromatic heterocycles. The number of H-pyrrole nitrogens is 1. The van der Waals surface area contributed by atoms with Crippen LogP contribution in [0, 0.1) is 12.8 Å². The summed E-state index contributed by atoms with van der Waals surface area (Å²) in [6.07, 6.45) is 0. The fourth-order valence-electron chi connectivity index (χ4n) is 1.88. The molecule has 0 aliphatic rings. The zero-order valence-electron chi connectivity index (χ0n) is 11.4. The minimum atomic E-state index is -0.151. The van der Waals surface area contributed by atoms with E-state index in [2.05, 4.69) is 10.3 Å². The fourth-order valence-corrected chi connectivity index (χ4v) is 1.88. The number of carbonyl (C=O) groups is 1. The second kappa shape index (κ2) is 5.26. The number of hydrogen-bond donors (Lipinski definition) is 2. The van der Waals surface area contributed by atoms with Crippen molar-refractivity contribution in [2.75, 3.05) is 0 Å². The Kier molecular flexibility index (Phi) is 3.69. The number of pyridine rings is 1. The number of fused-ring (bicyclic) bond motifs is 1. The standard InChI is InChI=1S/C15H18N2O2/c1-9(2)14(18)16-8-12-7-11-5-4-10(3)6-13(11)17-15(12)19/h4-7,9H,8H2,1-3H3,(H,16,18)(H,17,19). The molecule has 19 heavy (non-hydrogen) atoms. The third-order valence-electron chi connectivity index (χ3n) is 3.06. The Morgan fingerprint density at radius 3 is 2.74 bits per heavy atom. The van der Waals surface area contributed by atoms with E-state index < -0.39 is 0 Å². The molecule has 1 aromatic carbocycles. The lowest BCUT2D eigenvalue weighted by molar-refractivity contribution is -0.124. The van der Waals surface area contributed by atoms with E-state index in [1.54, 1.807) is 0 Å². The van der Waals surface area contributed by atoms with Crippen molar-refractivity contribution in [1.29, 1.82) is 0 Å². The molecular weight excluding hydrogens is 240 g/mol. The fraction of sp³-hybridized carbons (Fsp3) is 0.333.